The predicted octanol–water partition coefficient (Wildman–Crippen LogP) is 1.16. The first-order valence-electron chi connectivity index (χ1n) is 4.39. The molecule has 3 nitrogen and oxygen atoms in total. The number of pyridine rings is 1. The van der Waals surface area contributed by atoms with Crippen LogP contribution < -0.4 is 0 Å². The summed E-state index contributed by atoms with van der Waals surface area (Å²) in [6.45, 7) is 1.68. The second kappa shape index (κ2) is 5.67. The van der Waals surface area contributed by atoms with Gasteiger partial charge in [0.15, 0.2) is 0 Å². The van der Waals surface area contributed by atoms with Crippen LogP contribution in [0, 0.1) is 0 Å². The number of nitrogens with zero attached hydrogens (tertiary/aromatic N) is 2. The largest absolute Gasteiger partial charge is 0.369 e. The molecule has 0 saturated heterocycles. The summed E-state index contributed by atoms with van der Waals surface area (Å²) >= 11 is 0. The normalized spacial score (nSPS) is 10.7. The van der Waals surface area contributed by atoms with Crippen LogP contribution in [0.5, 0.6) is 0 Å². The summed E-state index contributed by atoms with van der Waals surface area (Å²) in [5.74, 6) is 0. The van der Waals surface area contributed by atoms with Crippen molar-refractivity contribution in [2.24, 2.45) is 0 Å². The Morgan fingerprint density at radius 1 is 1.54 bits per heavy atom. The lowest BCUT2D eigenvalue weighted by molar-refractivity contribution is 0.0827. The number of methoxy groups -OCH3 is 1. The maximum atomic E-state index is 5.00. The van der Waals surface area contributed by atoms with E-state index < -0.39 is 0 Å². The average Bonchev–Trinajstić information content (AvgIpc) is 2.17. The predicted molar refractivity (Wildman–Crippen MR) is 52.4 cm³/mol. The van der Waals surface area contributed by atoms with Crippen molar-refractivity contribution >= 4 is 0 Å². The molecule has 0 aliphatic rings. The topological polar surface area (TPSA) is 25.4 Å². The lowest BCUT2D eigenvalue weighted by Gasteiger charge is -2.14. The van der Waals surface area contributed by atoms with E-state index in [1.165, 1.54) is 5.56 Å². The molecule has 0 amide bonds. The second-order valence-electron chi connectivity index (χ2n) is 3.11. The van der Waals surface area contributed by atoms with Crippen molar-refractivity contribution in [3.05, 3.63) is 30.1 Å². The summed E-state index contributed by atoms with van der Waals surface area (Å²) in [5.41, 5.74) is 1.27. The first kappa shape index (κ1) is 10.2. The molecule has 0 N–H and O–H groups in total. The first-order chi connectivity index (χ1) is 6.33. The van der Waals surface area contributed by atoms with Crippen LogP contribution in [-0.4, -0.2) is 37.3 Å². The Morgan fingerprint density at radius 2 is 2.38 bits per heavy atom. The monoisotopic (exact) mass is 180 g/mol. The Bertz CT molecular complexity index is 226. The first-order valence-corrected chi connectivity index (χ1v) is 4.39. The van der Waals surface area contributed by atoms with Crippen molar-refractivity contribution in [3.63, 3.8) is 0 Å². The van der Waals surface area contributed by atoms with Crippen LogP contribution in [0.2, 0.25) is 0 Å². The summed E-state index contributed by atoms with van der Waals surface area (Å²) in [6, 6.07) is 4.05. The lowest BCUT2D eigenvalue weighted by atomic mass is 10.2. The molecule has 13 heavy (non-hydrogen) atoms. The van der Waals surface area contributed by atoms with Crippen LogP contribution >= 0.6 is 0 Å². The molecular formula is C10H16N2O. The van der Waals surface area contributed by atoms with Gasteiger partial charge in [0, 0.05) is 26.0 Å². The van der Waals surface area contributed by atoms with Crippen LogP contribution in [0.1, 0.15) is 5.56 Å². The van der Waals surface area contributed by atoms with Gasteiger partial charge < -0.3 is 4.74 Å². The number of ether oxygens (including phenoxy) is 1. The van der Waals surface area contributed by atoms with Gasteiger partial charge in [0.2, 0.25) is 0 Å². The maximum absolute atomic E-state index is 5.00. The molecule has 0 aromatic carbocycles. The Labute approximate surface area is 79.3 Å². The van der Waals surface area contributed by atoms with Crippen molar-refractivity contribution in [3.8, 4) is 0 Å². The molecular weight excluding hydrogens is 164 g/mol. The van der Waals surface area contributed by atoms with E-state index >= 15 is 0 Å². The fourth-order valence-corrected chi connectivity index (χ4v) is 1.15. The Hall–Kier alpha value is -0.930. The van der Waals surface area contributed by atoms with Gasteiger partial charge in [-0.2, -0.15) is 0 Å². The number of likely N-dealkylation sites (N-methyl/N-ethyl adjacent to an activating group) is 1. The van der Waals surface area contributed by atoms with E-state index in [9.17, 15) is 0 Å². The molecule has 1 aromatic heterocycles. The molecule has 1 rings (SSSR count). The zero-order valence-corrected chi connectivity index (χ0v) is 8.23. The van der Waals surface area contributed by atoms with Crippen LogP contribution in [0.4, 0.5) is 0 Å². The molecule has 72 valence electrons. The van der Waals surface area contributed by atoms with Gasteiger partial charge in [-0.25, -0.2) is 0 Å². The SMILES string of the molecule is COCN(C)CCc1cccnc1. The highest BCUT2D eigenvalue weighted by atomic mass is 16.5. The molecule has 0 aliphatic heterocycles. The van der Waals surface area contributed by atoms with E-state index in [2.05, 4.69) is 16.0 Å². The quantitative estimate of drug-likeness (QED) is 0.636. The molecule has 1 aromatic rings. The molecule has 0 unspecified atom stereocenters. The number of hydrogen-bond acceptors (Lipinski definition) is 3. The summed E-state index contributed by atoms with van der Waals surface area (Å²) in [5, 5.41) is 0. The van der Waals surface area contributed by atoms with Gasteiger partial charge in [-0.1, -0.05) is 6.07 Å². The van der Waals surface area contributed by atoms with Crippen LogP contribution in [0.15, 0.2) is 24.5 Å². The molecule has 0 spiro atoms. The minimum atomic E-state index is 0.681. The maximum Gasteiger partial charge on any atom is 0.0984 e. The molecule has 0 aliphatic carbocycles. The van der Waals surface area contributed by atoms with Gasteiger partial charge in [0.25, 0.3) is 0 Å². The summed E-state index contributed by atoms with van der Waals surface area (Å²) in [6.07, 6.45) is 4.72. The smallest absolute Gasteiger partial charge is 0.0984 e. The zero-order valence-electron chi connectivity index (χ0n) is 8.23. The van der Waals surface area contributed by atoms with Gasteiger partial charge in [-0.15, -0.1) is 0 Å². The van der Waals surface area contributed by atoms with Crippen molar-refractivity contribution in [1.29, 1.82) is 0 Å². The third kappa shape index (κ3) is 4.01. The number of rotatable bonds is 5. The third-order valence-corrected chi connectivity index (χ3v) is 1.85. The zero-order chi connectivity index (χ0) is 9.52. The van der Waals surface area contributed by atoms with Crippen LogP contribution in [-0.2, 0) is 11.2 Å². The highest BCUT2D eigenvalue weighted by Gasteiger charge is 1.97. The highest BCUT2D eigenvalue weighted by Crippen LogP contribution is 1.97. The highest BCUT2D eigenvalue weighted by molar-refractivity contribution is 5.08. The van der Waals surface area contributed by atoms with Crippen molar-refractivity contribution in [2.75, 3.05) is 27.4 Å². The molecule has 1 heterocycles. The van der Waals surface area contributed by atoms with Gasteiger partial charge in [0.1, 0.15) is 0 Å². The Kier molecular flexibility index (Phi) is 4.43. The Balaban J connectivity index is 2.27. The minimum absolute atomic E-state index is 0.681. The molecule has 3 heteroatoms. The van der Waals surface area contributed by atoms with Crippen LogP contribution in [0.3, 0.4) is 0 Å². The van der Waals surface area contributed by atoms with E-state index in [1.807, 2.05) is 19.3 Å². The van der Waals surface area contributed by atoms with Crippen LogP contribution in [0.25, 0.3) is 0 Å². The van der Waals surface area contributed by atoms with E-state index in [-0.39, 0.29) is 0 Å². The van der Waals surface area contributed by atoms with Crippen molar-refractivity contribution in [1.82, 2.24) is 9.88 Å². The average molecular weight is 180 g/mol. The molecule has 0 radical (unpaired) electrons. The summed E-state index contributed by atoms with van der Waals surface area (Å²) in [4.78, 5) is 6.19. The Morgan fingerprint density at radius 3 is 3.00 bits per heavy atom. The molecule has 0 fully saturated rings. The second-order valence-corrected chi connectivity index (χ2v) is 3.11. The fourth-order valence-electron chi connectivity index (χ4n) is 1.15. The minimum Gasteiger partial charge on any atom is -0.369 e. The van der Waals surface area contributed by atoms with Crippen molar-refractivity contribution < 1.29 is 4.74 Å². The van der Waals surface area contributed by atoms with E-state index in [1.54, 1.807) is 13.3 Å². The summed E-state index contributed by atoms with van der Waals surface area (Å²) < 4.78 is 5.00. The van der Waals surface area contributed by atoms with Crippen molar-refractivity contribution in [2.45, 2.75) is 6.42 Å². The standard InChI is InChI=1S/C10H16N2O/c1-12(9-13-2)7-5-10-4-3-6-11-8-10/h3-4,6,8H,5,7,9H2,1-2H3. The van der Waals surface area contributed by atoms with E-state index in [0.717, 1.165) is 13.0 Å². The fraction of sp³-hybridized carbons (Fsp3) is 0.500. The molecule has 0 bridgehead atoms. The van der Waals surface area contributed by atoms with E-state index in [4.69, 9.17) is 4.74 Å². The molecule has 0 saturated carbocycles. The number of hydrogen-bond donors (Lipinski definition) is 0. The van der Waals surface area contributed by atoms with Gasteiger partial charge in [-0.05, 0) is 25.1 Å². The lowest BCUT2D eigenvalue weighted by Crippen LogP contribution is -2.23. The molecule has 0 atom stereocenters. The van der Waals surface area contributed by atoms with E-state index in [0.29, 0.717) is 6.73 Å². The summed E-state index contributed by atoms with van der Waals surface area (Å²) in [7, 11) is 3.75. The van der Waals surface area contributed by atoms with Gasteiger partial charge in [-0.3, -0.25) is 9.88 Å². The van der Waals surface area contributed by atoms with Gasteiger partial charge >= 0.3 is 0 Å². The van der Waals surface area contributed by atoms with Gasteiger partial charge in [0.05, 0.1) is 6.73 Å². The third-order valence-electron chi connectivity index (χ3n) is 1.85. The number of aromatic nitrogens is 1.